The Morgan fingerprint density at radius 2 is 1.57 bits per heavy atom. The van der Waals surface area contributed by atoms with Crippen molar-refractivity contribution in [1.29, 1.82) is 0 Å². The van der Waals surface area contributed by atoms with Crippen LogP contribution >= 0.6 is 0 Å². The third-order valence-electron chi connectivity index (χ3n) is 4.53. The predicted octanol–water partition coefficient (Wildman–Crippen LogP) is 4.67. The Morgan fingerprint density at radius 1 is 0.913 bits per heavy atom. The molecule has 0 saturated carbocycles. The molecule has 2 aliphatic carbocycles. The maximum atomic E-state index is 12.8. The SMILES string of the molecule is CCC=C1CC=Cc2cc3c(cc21)C(=O)c1ccccc1C3=O. The van der Waals surface area contributed by atoms with Gasteiger partial charge in [-0.2, -0.15) is 0 Å². The van der Waals surface area contributed by atoms with E-state index < -0.39 is 0 Å². The molecule has 0 N–H and O–H groups in total. The zero-order valence-electron chi connectivity index (χ0n) is 12.9. The van der Waals surface area contributed by atoms with Crippen LogP contribution in [0, 0.1) is 0 Å². The van der Waals surface area contributed by atoms with Crippen molar-refractivity contribution in [2.24, 2.45) is 0 Å². The fourth-order valence-corrected chi connectivity index (χ4v) is 3.44. The van der Waals surface area contributed by atoms with Crippen molar-refractivity contribution in [2.45, 2.75) is 19.8 Å². The van der Waals surface area contributed by atoms with Crippen LogP contribution in [0.1, 0.15) is 62.7 Å². The number of hydrogen-bond donors (Lipinski definition) is 0. The van der Waals surface area contributed by atoms with Crippen LogP contribution in [0.5, 0.6) is 0 Å². The van der Waals surface area contributed by atoms with E-state index in [4.69, 9.17) is 0 Å². The summed E-state index contributed by atoms with van der Waals surface area (Å²) < 4.78 is 0. The maximum Gasteiger partial charge on any atom is 0.194 e. The van der Waals surface area contributed by atoms with Crippen LogP contribution < -0.4 is 0 Å². The molecule has 0 spiro atoms. The molecular weight excluding hydrogens is 284 g/mol. The van der Waals surface area contributed by atoms with Gasteiger partial charge in [0, 0.05) is 22.3 Å². The average Bonchev–Trinajstić information content (AvgIpc) is 2.59. The van der Waals surface area contributed by atoms with E-state index in [1.165, 1.54) is 5.57 Å². The zero-order valence-corrected chi connectivity index (χ0v) is 12.9. The standard InChI is InChI=1S/C21H16O2/c1-2-6-13-7-5-8-14-11-18-19(12-17(13)14)21(23)16-10-4-3-9-15(16)20(18)22/h3-6,8-12H,2,7H2,1H3. The van der Waals surface area contributed by atoms with Crippen LogP contribution in [0.4, 0.5) is 0 Å². The molecule has 0 atom stereocenters. The smallest absolute Gasteiger partial charge is 0.194 e. The summed E-state index contributed by atoms with van der Waals surface area (Å²) in [5, 5.41) is 0. The Kier molecular flexibility index (Phi) is 3.12. The van der Waals surface area contributed by atoms with Crippen molar-refractivity contribution in [3.63, 3.8) is 0 Å². The summed E-state index contributed by atoms with van der Waals surface area (Å²) in [6, 6.07) is 10.9. The van der Waals surface area contributed by atoms with Crippen LogP contribution in [0.2, 0.25) is 0 Å². The number of ketones is 2. The molecule has 0 unspecified atom stereocenters. The molecule has 0 aromatic heterocycles. The van der Waals surface area contributed by atoms with E-state index in [-0.39, 0.29) is 11.6 Å². The van der Waals surface area contributed by atoms with Gasteiger partial charge in [-0.1, -0.05) is 49.4 Å². The first-order valence-electron chi connectivity index (χ1n) is 7.93. The molecule has 2 nitrogen and oxygen atoms in total. The second-order valence-corrected chi connectivity index (χ2v) is 5.93. The van der Waals surface area contributed by atoms with E-state index in [0.717, 1.165) is 24.0 Å². The van der Waals surface area contributed by atoms with E-state index in [9.17, 15) is 9.59 Å². The minimum Gasteiger partial charge on any atom is -0.289 e. The molecule has 0 fully saturated rings. The van der Waals surface area contributed by atoms with Crippen LogP contribution in [0.3, 0.4) is 0 Å². The van der Waals surface area contributed by atoms with Crippen LogP contribution in [0.25, 0.3) is 11.6 Å². The normalized spacial score (nSPS) is 17.0. The molecule has 0 radical (unpaired) electrons. The van der Waals surface area contributed by atoms with Crippen molar-refractivity contribution in [1.82, 2.24) is 0 Å². The summed E-state index contributed by atoms with van der Waals surface area (Å²) in [5.41, 5.74) is 5.40. The number of carbonyl (C=O) groups excluding carboxylic acids is 2. The highest BCUT2D eigenvalue weighted by Crippen LogP contribution is 2.35. The molecule has 0 saturated heterocycles. The van der Waals surface area contributed by atoms with Gasteiger partial charge in [0.25, 0.3) is 0 Å². The van der Waals surface area contributed by atoms with Gasteiger partial charge >= 0.3 is 0 Å². The van der Waals surface area contributed by atoms with Crippen molar-refractivity contribution in [3.8, 4) is 0 Å². The van der Waals surface area contributed by atoms with Gasteiger partial charge < -0.3 is 0 Å². The van der Waals surface area contributed by atoms with Crippen LogP contribution in [-0.4, -0.2) is 11.6 Å². The molecule has 0 aliphatic heterocycles. The lowest BCUT2D eigenvalue weighted by Crippen LogP contribution is -2.21. The van der Waals surface area contributed by atoms with Crippen LogP contribution in [0.15, 0.2) is 48.6 Å². The minimum atomic E-state index is -0.0574. The van der Waals surface area contributed by atoms with Gasteiger partial charge in [0.15, 0.2) is 11.6 Å². The van der Waals surface area contributed by atoms with Gasteiger partial charge in [-0.05, 0) is 41.7 Å². The third-order valence-corrected chi connectivity index (χ3v) is 4.53. The second kappa shape index (κ2) is 5.17. The van der Waals surface area contributed by atoms with Gasteiger partial charge in [-0.25, -0.2) is 0 Å². The van der Waals surface area contributed by atoms with E-state index in [0.29, 0.717) is 22.3 Å². The topological polar surface area (TPSA) is 34.1 Å². The maximum absolute atomic E-state index is 12.8. The van der Waals surface area contributed by atoms with Gasteiger partial charge in [0.05, 0.1) is 0 Å². The van der Waals surface area contributed by atoms with E-state index >= 15 is 0 Å². The first-order valence-corrected chi connectivity index (χ1v) is 7.93. The van der Waals surface area contributed by atoms with Crippen molar-refractivity contribution >= 4 is 23.2 Å². The first kappa shape index (κ1) is 13.9. The number of fused-ring (bicyclic) bond motifs is 3. The van der Waals surface area contributed by atoms with Crippen LogP contribution in [-0.2, 0) is 0 Å². The summed E-state index contributed by atoms with van der Waals surface area (Å²) in [4.78, 5) is 25.6. The number of benzene rings is 2. The second-order valence-electron chi connectivity index (χ2n) is 5.93. The molecular formula is C21H16O2. The minimum absolute atomic E-state index is 0.0524. The Balaban J connectivity index is 1.97. The summed E-state index contributed by atoms with van der Waals surface area (Å²) in [7, 11) is 0. The molecule has 2 aromatic rings. The summed E-state index contributed by atoms with van der Waals surface area (Å²) in [5.74, 6) is -0.110. The van der Waals surface area contributed by atoms with Gasteiger partial charge in [-0.15, -0.1) is 0 Å². The van der Waals surface area contributed by atoms with Gasteiger partial charge in [0.1, 0.15) is 0 Å². The Morgan fingerprint density at radius 3 is 2.22 bits per heavy atom. The Labute approximate surface area is 135 Å². The van der Waals surface area contributed by atoms with Crippen molar-refractivity contribution < 1.29 is 9.59 Å². The molecule has 0 heterocycles. The highest BCUT2D eigenvalue weighted by Gasteiger charge is 2.30. The molecule has 2 aromatic carbocycles. The largest absolute Gasteiger partial charge is 0.289 e. The zero-order chi connectivity index (χ0) is 16.0. The van der Waals surface area contributed by atoms with Crippen molar-refractivity contribution in [2.75, 3.05) is 0 Å². The first-order chi connectivity index (χ1) is 11.2. The highest BCUT2D eigenvalue weighted by atomic mass is 16.1. The Hall–Kier alpha value is -2.74. The highest BCUT2D eigenvalue weighted by molar-refractivity contribution is 6.28. The lowest BCUT2D eigenvalue weighted by atomic mass is 9.80. The van der Waals surface area contributed by atoms with E-state index in [1.54, 1.807) is 24.3 Å². The van der Waals surface area contributed by atoms with E-state index in [1.807, 2.05) is 18.2 Å². The number of carbonyl (C=O) groups is 2. The fraction of sp³-hybridized carbons (Fsp3) is 0.143. The Bertz CT molecular complexity index is 913. The number of allylic oxidation sites excluding steroid dienone is 3. The van der Waals surface area contributed by atoms with Gasteiger partial charge in [0.2, 0.25) is 0 Å². The molecule has 112 valence electrons. The summed E-state index contributed by atoms with van der Waals surface area (Å²) >= 11 is 0. The molecule has 2 aliphatic rings. The number of hydrogen-bond acceptors (Lipinski definition) is 2. The van der Waals surface area contributed by atoms with Gasteiger partial charge in [-0.3, -0.25) is 9.59 Å². The predicted molar refractivity (Wildman–Crippen MR) is 91.7 cm³/mol. The molecule has 23 heavy (non-hydrogen) atoms. The summed E-state index contributed by atoms with van der Waals surface area (Å²) in [6.45, 7) is 2.11. The molecule has 4 rings (SSSR count). The fourth-order valence-electron chi connectivity index (χ4n) is 3.44. The molecule has 0 bridgehead atoms. The molecule has 0 amide bonds. The summed E-state index contributed by atoms with van der Waals surface area (Å²) in [6.07, 6.45) is 8.17. The number of rotatable bonds is 1. The monoisotopic (exact) mass is 300 g/mol. The lowest BCUT2D eigenvalue weighted by molar-refractivity contribution is 0.0979. The quantitative estimate of drug-likeness (QED) is 0.654. The average molecular weight is 300 g/mol. The van der Waals surface area contributed by atoms with E-state index in [2.05, 4.69) is 19.1 Å². The third kappa shape index (κ3) is 2.02. The van der Waals surface area contributed by atoms with Crippen molar-refractivity contribution in [3.05, 3.63) is 81.9 Å². The lowest BCUT2D eigenvalue weighted by Gasteiger charge is -2.22. The molecule has 2 heteroatoms.